The second-order valence-electron chi connectivity index (χ2n) is 3.15. The summed E-state index contributed by atoms with van der Waals surface area (Å²) in [5.74, 6) is 1.28. The molecule has 0 aliphatic carbocycles. The van der Waals surface area contributed by atoms with Crippen LogP contribution in [0.15, 0.2) is 16.6 Å². The Bertz CT molecular complexity index is 339. The van der Waals surface area contributed by atoms with Crippen LogP contribution in [0.4, 0.5) is 0 Å². The molecule has 1 atom stereocenters. The molecule has 1 rings (SSSR count). The molecule has 0 aliphatic heterocycles. The molecule has 84 valence electrons. The third-order valence-corrected chi connectivity index (χ3v) is 2.94. The van der Waals surface area contributed by atoms with E-state index in [0.29, 0.717) is 17.9 Å². The first-order valence-corrected chi connectivity index (χ1v) is 5.52. The van der Waals surface area contributed by atoms with Crippen LogP contribution < -0.4 is 9.47 Å². The van der Waals surface area contributed by atoms with Gasteiger partial charge in [0.05, 0.1) is 20.3 Å². The van der Waals surface area contributed by atoms with Gasteiger partial charge in [-0.2, -0.15) is 0 Å². The fraction of sp³-hybridized carbons (Fsp3) is 0.455. The molecule has 4 heteroatoms. The van der Waals surface area contributed by atoms with E-state index in [2.05, 4.69) is 15.9 Å². The van der Waals surface area contributed by atoms with Gasteiger partial charge in [-0.15, -0.1) is 0 Å². The van der Waals surface area contributed by atoms with E-state index in [1.165, 1.54) is 0 Å². The lowest BCUT2D eigenvalue weighted by Crippen LogP contribution is -1.99. The monoisotopic (exact) mass is 274 g/mol. The zero-order valence-corrected chi connectivity index (χ0v) is 10.7. The molecule has 1 N–H and O–H groups in total. The van der Waals surface area contributed by atoms with Gasteiger partial charge in [-0.3, -0.25) is 0 Å². The van der Waals surface area contributed by atoms with Crippen LogP contribution in [0.3, 0.4) is 0 Å². The van der Waals surface area contributed by atoms with Gasteiger partial charge in [0.25, 0.3) is 0 Å². The Hall–Kier alpha value is -0.740. The van der Waals surface area contributed by atoms with Crippen molar-refractivity contribution < 1.29 is 14.6 Å². The first kappa shape index (κ1) is 12.3. The third kappa shape index (κ3) is 2.63. The highest BCUT2D eigenvalue weighted by Gasteiger charge is 2.14. The molecule has 0 unspecified atom stereocenters. The van der Waals surface area contributed by atoms with Gasteiger partial charge in [-0.25, -0.2) is 0 Å². The van der Waals surface area contributed by atoms with Crippen LogP contribution in [-0.4, -0.2) is 19.3 Å². The van der Waals surface area contributed by atoms with Gasteiger partial charge >= 0.3 is 0 Å². The maximum Gasteiger partial charge on any atom is 0.161 e. The minimum atomic E-state index is -0.487. The molecule has 0 heterocycles. The Labute approximate surface area is 98.1 Å². The summed E-state index contributed by atoms with van der Waals surface area (Å²) in [4.78, 5) is 0. The van der Waals surface area contributed by atoms with Gasteiger partial charge in [0.2, 0.25) is 0 Å². The summed E-state index contributed by atoms with van der Waals surface area (Å²) < 4.78 is 11.1. The fourth-order valence-electron chi connectivity index (χ4n) is 1.35. The van der Waals surface area contributed by atoms with E-state index in [1.807, 2.05) is 6.92 Å². The van der Waals surface area contributed by atoms with Crippen molar-refractivity contribution in [2.45, 2.75) is 19.4 Å². The highest BCUT2D eigenvalue weighted by Crippen LogP contribution is 2.36. The molecule has 1 aromatic carbocycles. The summed E-state index contributed by atoms with van der Waals surface area (Å²) in [5, 5.41) is 9.77. The number of ether oxygens (including phenoxy) is 2. The standard InChI is InChI=1S/C11H15BrO3/c1-4-9(13)7-5-10(14-2)11(15-3)6-8(7)12/h5-6,9,13H,4H2,1-3H3/t9-/m0/s1. The van der Waals surface area contributed by atoms with Gasteiger partial charge in [-0.05, 0) is 24.1 Å². The molecule has 0 aromatic heterocycles. The second-order valence-corrected chi connectivity index (χ2v) is 4.01. The van der Waals surface area contributed by atoms with E-state index in [9.17, 15) is 5.11 Å². The van der Waals surface area contributed by atoms with E-state index in [0.717, 1.165) is 10.0 Å². The van der Waals surface area contributed by atoms with Crippen LogP contribution >= 0.6 is 15.9 Å². The Morgan fingerprint density at radius 1 is 1.27 bits per heavy atom. The first-order valence-electron chi connectivity index (χ1n) is 4.73. The Morgan fingerprint density at radius 2 is 1.80 bits per heavy atom. The molecule has 0 aliphatic rings. The molecule has 0 bridgehead atoms. The van der Waals surface area contributed by atoms with Gasteiger partial charge in [0.1, 0.15) is 0 Å². The molecule has 0 spiro atoms. The predicted octanol–water partition coefficient (Wildman–Crippen LogP) is 2.91. The van der Waals surface area contributed by atoms with Gasteiger partial charge in [-0.1, -0.05) is 22.9 Å². The summed E-state index contributed by atoms with van der Waals surface area (Å²) in [6, 6.07) is 3.59. The van der Waals surface area contributed by atoms with E-state index >= 15 is 0 Å². The Morgan fingerprint density at radius 3 is 2.27 bits per heavy atom. The van der Waals surface area contributed by atoms with Crippen molar-refractivity contribution in [3.8, 4) is 11.5 Å². The largest absolute Gasteiger partial charge is 0.493 e. The molecule has 0 saturated carbocycles. The van der Waals surface area contributed by atoms with Crippen LogP contribution in [0.2, 0.25) is 0 Å². The summed E-state index contributed by atoms with van der Waals surface area (Å²) in [5.41, 5.74) is 0.815. The zero-order valence-electron chi connectivity index (χ0n) is 9.08. The normalized spacial score (nSPS) is 12.3. The summed E-state index contributed by atoms with van der Waals surface area (Å²) in [7, 11) is 3.16. The minimum Gasteiger partial charge on any atom is -0.493 e. The van der Waals surface area contributed by atoms with E-state index in [4.69, 9.17) is 9.47 Å². The number of aliphatic hydroxyl groups excluding tert-OH is 1. The van der Waals surface area contributed by atoms with Crippen molar-refractivity contribution in [3.63, 3.8) is 0 Å². The maximum absolute atomic E-state index is 9.77. The number of methoxy groups -OCH3 is 2. The van der Waals surface area contributed by atoms with Crippen LogP contribution in [0, 0.1) is 0 Å². The minimum absolute atomic E-state index is 0.487. The molecular formula is C11H15BrO3. The molecule has 0 fully saturated rings. The van der Waals surface area contributed by atoms with Crippen LogP contribution in [-0.2, 0) is 0 Å². The van der Waals surface area contributed by atoms with Gasteiger partial charge < -0.3 is 14.6 Å². The van der Waals surface area contributed by atoms with Crippen molar-refractivity contribution in [1.82, 2.24) is 0 Å². The number of benzene rings is 1. The van der Waals surface area contributed by atoms with Crippen molar-refractivity contribution >= 4 is 15.9 Å². The van der Waals surface area contributed by atoms with E-state index in [-0.39, 0.29) is 0 Å². The number of hydrogen-bond acceptors (Lipinski definition) is 3. The summed E-state index contributed by atoms with van der Waals surface area (Å²) in [6.45, 7) is 1.92. The number of aliphatic hydroxyl groups is 1. The molecule has 3 nitrogen and oxygen atoms in total. The molecular weight excluding hydrogens is 260 g/mol. The quantitative estimate of drug-likeness (QED) is 0.918. The first-order chi connectivity index (χ1) is 7.13. The lowest BCUT2D eigenvalue weighted by Gasteiger charge is -2.14. The van der Waals surface area contributed by atoms with Crippen molar-refractivity contribution in [2.24, 2.45) is 0 Å². The summed E-state index contributed by atoms with van der Waals surface area (Å²) in [6.07, 6.45) is 0.174. The molecule has 15 heavy (non-hydrogen) atoms. The molecule has 0 saturated heterocycles. The molecule has 1 aromatic rings. The average molecular weight is 275 g/mol. The van der Waals surface area contributed by atoms with Crippen LogP contribution in [0.1, 0.15) is 25.0 Å². The second kappa shape index (κ2) is 5.37. The Balaban J connectivity index is 3.19. The molecule has 0 amide bonds. The topological polar surface area (TPSA) is 38.7 Å². The Kier molecular flexibility index (Phi) is 4.42. The third-order valence-electron chi connectivity index (χ3n) is 2.25. The van der Waals surface area contributed by atoms with Crippen molar-refractivity contribution in [1.29, 1.82) is 0 Å². The van der Waals surface area contributed by atoms with Crippen molar-refractivity contribution in [2.75, 3.05) is 14.2 Å². The van der Waals surface area contributed by atoms with Crippen LogP contribution in [0.25, 0.3) is 0 Å². The average Bonchev–Trinajstić information content (AvgIpc) is 2.27. The lowest BCUT2D eigenvalue weighted by atomic mass is 10.1. The molecule has 0 radical (unpaired) electrons. The number of rotatable bonds is 4. The van der Waals surface area contributed by atoms with Gasteiger partial charge in [0.15, 0.2) is 11.5 Å². The SMILES string of the molecule is CC[C@H](O)c1cc(OC)c(OC)cc1Br. The highest BCUT2D eigenvalue weighted by molar-refractivity contribution is 9.10. The number of halogens is 1. The fourth-order valence-corrected chi connectivity index (χ4v) is 1.93. The van der Waals surface area contributed by atoms with Crippen molar-refractivity contribution in [3.05, 3.63) is 22.2 Å². The highest BCUT2D eigenvalue weighted by atomic mass is 79.9. The predicted molar refractivity (Wildman–Crippen MR) is 62.5 cm³/mol. The lowest BCUT2D eigenvalue weighted by molar-refractivity contribution is 0.172. The zero-order chi connectivity index (χ0) is 11.4. The van der Waals surface area contributed by atoms with E-state index < -0.39 is 6.10 Å². The van der Waals surface area contributed by atoms with Crippen LogP contribution in [0.5, 0.6) is 11.5 Å². The van der Waals surface area contributed by atoms with Gasteiger partial charge in [0, 0.05) is 4.47 Å². The smallest absolute Gasteiger partial charge is 0.161 e. The summed E-state index contributed by atoms with van der Waals surface area (Å²) >= 11 is 3.40. The maximum atomic E-state index is 9.77. The van der Waals surface area contributed by atoms with E-state index in [1.54, 1.807) is 26.4 Å². The number of hydrogen-bond donors (Lipinski definition) is 1.